The molecule has 1 N–H and O–H groups in total. The Morgan fingerprint density at radius 2 is 1.50 bits per heavy atom. The molecule has 98 valence electrons. The van der Waals surface area contributed by atoms with Gasteiger partial charge in [-0.05, 0) is 12.3 Å². The van der Waals surface area contributed by atoms with E-state index in [0.29, 0.717) is 5.92 Å². The van der Waals surface area contributed by atoms with E-state index in [9.17, 15) is 5.21 Å². The van der Waals surface area contributed by atoms with Gasteiger partial charge in [-0.1, -0.05) is 65.2 Å². The zero-order valence-corrected chi connectivity index (χ0v) is 11.5. The van der Waals surface area contributed by atoms with Gasteiger partial charge >= 0.3 is 0 Å². The van der Waals surface area contributed by atoms with Crippen molar-refractivity contribution >= 4 is 0 Å². The van der Waals surface area contributed by atoms with E-state index in [2.05, 4.69) is 13.8 Å². The number of hydrogen-bond donors (Lipinski definition) is 1. The van der Waals surface area contributed by atoms with Crippen LogP contribution < -0.4 is 0 Å². The van der Waals surface area contributed by atoms with Crippen LogP contribution in [0.4, 0.5) is 0 Å². The minimum Gasteiger partial charge on any atom is -0.314 e. The summed E-state index contributed by atoms with van der Waals surface area (Å²) in [5.74, 6) is 0.672. The standard InChI is InChI=1S/C14H31NO/c1-4-6-7-8-9-10-11-12-14(5-2)13-15(3)16/h14,16H,4-13H2,1-3H3. The van der Waals surface area contributed by atoms with Crippen LogP contribution in [0.3, 0.4) is 0 Å². The van der Waals surface area contributed by atoms with Crippen LogP contribution in [0.25, 0.3) is 0 Å². The molecule has 0 aliphatic heterocycles. The Morgan fingerprint density at radius 3 is 2.00 bits per heavy atom. The van der Waals surface area contributed by atoms with Crippen molar-refractivity contribution < 1.29 is 5.21 Å². The van der Waals surface area contributed by atoms with Crippen LogP contribution in [0.2, 0.25) is 0 Å². The lowest BCUT2D eigenvalue weighted by Crippen LogP contribution is -2.21. The van der Waals surface area contributed by atoms with Crippen LogP contribution in [0.5, 0.6) is 0 Å². The van der Waals surface area contributed by atoms with Crippen molar-refractivity contribution in [3.63, 3.8) is 0 Å². The molecule has 2 heteroatoms. The molecule has 0 amide bonds. The average Bonchev–Trinajstić information content (AvgIpc) is 2.25. The fourth-order valence-corrected chi connectivity index (χ4v) is 2.19. The summed E-state index contributed by atoms with van der Waals surface area (Å²) in [6.45, 7) is 5.30. The van der Waals surface area contributed by atoms with Gasteiger partial charge in [-0.25, -0.2) is 0 Å². The Hall–Kier alpha value is -0.0800. The summed E-state index contributed by atoms with van der Waals surface area (Å²) in [4.78, 5) is 0. The molecule has 0 fully saturated rings. The first-order valence-corrected chi connectivity index (χ1v) is 7.10. The SMILES string of the molecule is CCCCCCCCCC(CC)CN(C)O. The van der Waals surface area contributed by atoms with Crippen molar-refractivity contribution in [2.45, 2.75) is 71.6 Å². The molecule has 0 spiro atoms. The predicted molar refractivity (Wildman–Crippen MR) is 70.8 cm³/mol. The molecule has 0 aliphatic carbocycles. The molecule has 0 saturated carbocycles. The van der Waals surface area contributed by atoms with Crippen LogP contribution in [-0.2, 0) is 0 Å². The maximum absolute atomic E-state index is 9.19. The van der Waals surface area contributed by atoms with E-state index in [-0.39, 0.29) is 0 Å². The quantitative estimate of drug-likeness (QED) is 0.417. The molecule has 0 aromatic rings. The first-order valence-electron chi connectivity index (χ1n) is 7.10. The molecule has 0 radical (unpaired) electrons. The molecule has 0 rings (SSSR count). The molecule has 1 unspecified atom stereocenters. The second-order valence-corrected chi connectivity index (χ2v) is 5.02. The second-order valence-electron chi connectivity index (χ2n) is 5.02. The van der Waals surface area contributed by atoms with E-state index in [1.165, 1.54) is 62.9 Å². The third-order valence-corrected chi connectivity index (χ3v) is 3.32. The highest BCUT2D eigenvalue weighted by Gasteiger charge is 2.07. The minimum absolute atomic E-state index is 0.672. The van der Waals surface area contributed by atoms with Gasteiger partial charge in [0.05, 0.1) is 0 Å². The number of rotatable bonds is 11. The van der Waals surface area contributed by atoms with Crippen molar-refractivity contribution in [1.29, 1.82) is 0 Å². The van der Waals surface area contributed by atoms with Gasteiger partial charge in [-0.15, -0.1) is 0 Å². The lowest BCUT2D eigenvalue weighted by atomic mass is 9.97. The first kappa shape index (κ1) is 15.9. The normalized spacial score (nSPS) is 13.3. The summed E-state index contributed by atoms with van der Waals surface area (Å²) < 4.78 is 0. The number of unbranched alkanes of at least 4 members (excludes halogenated alkanes) is 6. The molecule has 0 aliphatic rings. The Balaban J connectivity index is 3.27. The highest BCUT2D eigenvalue weighted by Crippen LogP contribution is 2.15. The molecule has 0 bridgehead atoms. The highest BCUT2D eigenvalue weighted by molar-refractivity contribution is 4.59. The lowest BCUT2D eigenvalue weighted by Gasteiger charge is -2.17. The molecule has 0 aromatic heterocycles. The monoisotopic (exact) mass is 229 g/mol. The molecule has 16 heavy (non-hydrogen) atoms. The smallest absolute Gasteiger partial charge is 0.0263 e. The lowest BCUT2D eigenvalue weighted by molar-refractivity contribution is -0.0772. The summed E-state index contributed by atoms with van der Waals surface area (Å²) in [5, 5.41) is 10.5. The Kier molecular flexibility index (Phi) is 11.3. The van der Waals surface area contributed by atoms with E-state index in [0.717, 1.165) is 6.54 Å². The maximum atomic E-state index is 9.19. The summed E-state index contributed by atoms with van der Waals surface area (Å²) in [6.07, 6.45) is 12.1. The Morgan fingerprint density at radius 1 is 0.938 bits per heavy atom. The van der Waals surface area contributed by atoms with Gasteiger partial charge in [-0.2, -0.15) is 5.06 Å². The van der Waals surface area contributed by atoms with Crippen molar-refractivity contribution in [2.75, 3.05) is 13.6 Å². The van der Waals surface area contributed by atoms with Gasteiger partial charge in [0, 0.05) is 13.6 Å². The summed E-state index contributed by atoms with van der Waals surface area (Å²) >= 11 is 0. The van der Waals surface area contributed by atoms with Crippen LogP contribution >= 0.6 is 0 Å². The highest BCUT2D eigenvalue weighted by atomic mass is 16.5. The van der Waals surface area contributed by atoms with Crippen molar-refractivity contribution in [1.82, 2.24) is 5.06 Å². The zero-order valence-electron chi connectivity index (χ0n) is 11.5. The molecule has 0 saturated heterocycles. The summed E-state index contributed by atoms with van der Waals surface area (Å²) in [7, 11) is 1.74. The summed E-state index contributed by atoms with van der Waals surface area (Å²) in [5.41, 5.74) is 0. The first-order chi connectivity index (χ1) is 7.70. The van der Waals surface area contributed by atoms with E-state index in [1.54, 1.807) is 7.05 Å². The van der Waals surface area contributed by atoms with E-state index < -0.39 is 0 Å². The largest absolute Gasteiger partial charge is 0.314 e. The fourth-order valence-electron chi connectivity index (χ4n) is 2.19. The van der Waals surface area contributed by atoms with Gasteiger partial charge in [0.1, 0.15) is 0 Å². The molecular formula is C14H31NO. The van der Waals surface area contributed by atoms with E-state index in [1.807, 2.05) is 0 Å². The minimum atomic E-state index is 0.672. The topological polar surface area (TPSA) is 23.5 Å². The second kappa shape index (κ2) is 11.4. The van der Waals surface area contributed by atoms with Gasteiger partial charge in [0.15, 0.2) is 0 Å². The third-order valence-electron chi connectivity index (χ3n) is 3.32. The van der Waals surface area contributed by atoms with E-state index >= 15 is 0 Å². The zero-order chi connectivity index (χ0) is 12.2. The van der Waals surface area contributed by atoms with Crippen LogP contribution in [-0.4, -0.2) is 23.9 Å². The fraction of sp³-hybridized carbons (Fsp3) is 1.00. The molecular weight excluding hydrogens is 198 g/mol. The average molecular weight is 229 g/mol. The van der Waals surface area contributed by atoms with Gasteiger partial charge in [0.2, 0.25) is 0 Å². The Labute approximate surface area is 102 Å². The maximum Gasteiger partial charge on any atom is 0.0263 e. The van der Waals surface area contributed by atoms with Crippen molar-refractivity contribution in [2.24, 2.45) is 5.92 Å². The number of hydrogen-bond acceptors (Lipinski definition) is 2. The predicted octanol–water partition coefficient (Wildman–Crippen LogP) is 4.47. The molecule has 2 nitrogen and oxygen atoms in total. The van der Waals surface area contributed by atoms with Crippen molar-refractivity contribution in [3.8, 4) is 0 Å². The number of nitrogens with zero attached hydrogens (tertiary/aromatic N) is 1. The van der Waals surface area contributed by atoms with Crippen LogP contribution in [0.15, 0.2) is 0 Å². The van der Waals surface area contributed by atoms with Crippen LogP contribution in [0.1, 0.15) is 71.6 Å². The summed E-state index contributed by atoms with van der Waals surface area (Å²) in [6, 6.07) is 0. The number of hydroxylamine groups is 2. The Bertz CT molecular complexity index is 137. The van der Waals surface area contributed by atoms with Crippen LogP contribution in [0, 0.1) is 5.92 Å². The molecule has 0 aromatic carbocycles. The third kappa shape index (κ3) is 10.4. The molecule has 0 heterocycles. The van der Waals surface area contributed by atoms with Gasteiger partial charge in [-0.3, -0.25) is 0 Å². The van der Waals surface area contributed by atoms with Gasteiger partial charge in [0.25, 0.3) is 0 Å². The van der Waals surface area contributed by atoms with Gasteiger partial charge < -0.3 is 5.21 Å². The van der Waals surface area contributed by atoms with E-state index in [4.69, 9.17) is 0 Å². The molecule has 1 atom stereocenters. The van der Waals surface area contributed by atoms with Crippen molar-refractivity contribution in [3.05, 3.63) is 0 Å².